The van der Waals surface area contributed by atoms with Crippen molar-refractivity contribution in [2.24, 2.45) is 0 Å². The Morgan fingerprint density at radius 2 is 1.96 bits per heavy atom. The third kappa shape index (κ3) is 2.93. The monoisotopic (exact) mass is 331 g/mol. The quantitative estimate of drug-likeness (QED) is 0.870. The van der Waals surface area contributed by atoms with E-state index in [1.165, 1.54) is 4.90 Å². The number of benzene rings is 1. The number of hydrogen-bond donors (Lipinski definition) is 2. The fourth-order valence-corrected chi connectivity index (χ4v) is 3.46. The fraction of sp³-hybridized carbons (Fsp3) is 0.471. The molecule has 0 saturated carbocycles. The lowest BCUT2D eigenvalue weighted by atomic mass is 10.0. The van der Waals surface area contributed by atoms with E-state index in [4.69, 9.17) is 0 Å². The summed E-state index contributed by atoms with van der Waals surface area (Å²) >= 11 is 0. The number of carbonyl (C=O) groups is 3. The molecule has 2 N–H and O–H groups in total. The lowest BCUT2D eigenvalue weighted by Crippen LogP contribution is -2.54. The zero-order chi connectivity index (χ0) is 17.3. The number of aliphatic carboxylic acids is 1. The normalized spacial score (nSPS) is 23.1. The number of urea groups is 1. The Hall–Kier alpha value is -2.57. The van der Waals surface area contributed by atoms with Gasteiger partial charge >= 0.3 is 12.0 Å². The van der Waals surface area contributed by atoms with Crippen LogP contribution in [0.25, 0.3) is 0 Å². The number of carboxylic acid groups (broad SMARTS) is 1. The van der Waals surface area contributed by atoms with Crippen molar-refractivity contribution in [3.05, 3.63) is 35.4 Å². The first-order chi connectivity index (χ1) is 11.5. The highest BCUT2D eigenvalue weighted by atomic mass is 16.4. The highest BCUT2D eigenvalue weighted by molar-refractivity contribution is 5.86. The number of carboxylic acids is 1. The van der Waals surface area contributed by atoms with Crippen LogP contribution in [0.2, 0.25) is 0 Å². The molecule has 1 aromatic rings. The van der Waals surface area contributed by atoms with E-state index in [-0.39, 0.29) is 24.5 Å². The summed E-state index contributed by atoms with van der Waals surface area (Å²) in [5.41, 5.74) is 1.60. The van der Waals surface area contributed by atoms with Crippen LogP contribution in [0.5, 0.6) is 0 Å². The summed E-state index contributed by atoms with van der Waals surface area (Å²) in [5, 5.41) is 12.3. The van der Waals surface area contributed by atoms with E-state index in [0.717, 1.165) is 11.1 Å². The predicted molar refractivity (Wildman–Crippen MR) is 86.5 cm³/mol. The topological polar surface area (TPSA) is 89.9 Å². The number of rotatable bonds is 3. The molecule has 128 valence electrons. The molecule has 7 nitrogen and oxygen atoms in total. The van der Waals surface area contributed by atoms with Crippen LogP contribution in [-0.2, 0) is 9.59 Å². The van der Waals surface area contributed by atoms with Gasteiger partial charge in [-0.3, -0.25) is 9.59 Å². The molecule has 0 radical (unpaired) electrons. The van der Waals surface area contributed by atoms with Gasteiger partial charge in [0.15, 0.2) is 0 Å². The van der Waals surface area contributed by atoms with E-state index in [2.05, 4.69) is 5.32 Å². The summed E-state index contributed by atoms with van der Waals surface area (Å²) in [6.07, 6.45) is 0.337. The SMILES string of the molecule is CCN1CCN(C(=O)NC2CC(C(=O)O)c3ccccc32)CC1=O. The minimum Gasteiger partial charge on any atom is -0.481 e. The zero-order valence-corrected chi connectivity index (χ0v) is 13.6. The Morgan fingerprint density at radius 1 is 1.25 bits per heavy atom. The van der Waals surface area contributed by atoms with E-state index in [0.29, 0.717) is 26.1 Å². The third-order valence-electron chi connectivity index (χ3n) is 4.80. The van der Waals surface area contributed by atoms with Crippen LogP contribution < -0.4 is 5.32 Å². The molecule has 3 rings (SSSR count). The van der Waals surface area contributed by atoms with E-state index in [9.17, 15) is 19.5 Å². The van der Waals surface area contributed by atoms with Gasteiger partial charge in [-0.25, -0.2) is 4.79 Å². The third-order valence-corrected chi connectivity index (χ3v) is 4.80. The number of nitrogens with one attached hydrogen (secondary N) is 1. The van der Waals surface area contributed by atoms with Crippen molar-refractivity contribution in [2.75, 3.05) is 26.2 Å². The first kappa shape index (κ1) is 16.3. The summed E-state index contributed by atoms with van der Waals surface area (Å²) < 4.78 is 0. The molecule has 1 aliphatic heterocycles. The van der Waals surface area contributed by atoms with Crippen molar-refractivity contribution in [1.82, 2.24) is 15.1 Å². The van der Waals surface area contributed by atoms with E-state index in [1.807, 2.05) is 25.1 Å². The first-order valence-electron chi connectivity index (χ1n) is 8.16. The van der Waals surface area contributed by atoms with Crippen LogP contribution >= 0.6 is 0 Å². The van der Waals surface area contributed by atoms with Gasteiger partial charge in [-0.15, -0.1) is 0 Å². The summed E-state index contributed by atoms with van der Waals surface area (Å²) in [5.74, 6) is -1.55. The maximum atomic E-state index is 12.5. The summed E-state index contributed by atoms with van der Waals surface area (Å²) in [7, 11) is 0. The van der Waals surface area contributed by atoms with Crippen LogP contribution in [-0.4, -0.2) is 59.0 Å². The van der Waals surface area contributed by atoms with Gasteiger partial charge in [0.05, 0.1) is 12.0 Å². The fourth-order valence-electron chi connectivity index (χ4n) is 3.46. The predicted octanol–water partition coefficient (Wildman–Crippen LogP) is 1.17. The molecular formula is C17H21N3O4. The van der Waals surface area contributed by atoms with Gasteiger partial charge in [0.25, 0.3) is 0 Å². The molecule has 2 unspecified atom stereocenters. The van der Waals surface area contributed by atoms with Gasteiger partial charge < -0.3 is 20.2 Å². The van der Waals surface area contributed by atoms with Crippen LogP contribution in [0.15, 0.2) is 24.3 Å². The van der Waals surface area contributed by atoms with Crippen molar-refractivity contribution in [1.29, 1.82) is 0 Å². The van der Waals surface area contributed by atoms with Crippen LogP contribution in [0.3, 0.4) is 0 Å². The van der Waals surface area contributed by atoms with Gasteiger partial charge in [-0.2, -0.15) is 0 Å². The minimum atomic E-state index is -0.883. The van der Waals surface area contributed by atoms with Crippen molar-refractivity contribution in [3.63, 3.8) is 0 Å². The average Bonchev–Trinajstić information content (AvgIpc) is 2.94. The summed E-state index contributed by atoms with van der Waals surface area (Å²) in [6.45, 7) is 3.64. The number of fused-ring (bicyclic) bond motifs is 1. The van der Waals surface area contributed by atoms with Crippen LogP contribution in [0.4, 0.5) is 4.79 Å². The molecule has 2 atom stereocenters. The molecule has 0 aromatic heterocycles. The largest absolute Gasteiger partial charge is 0.481 e. The smallest absolute Gasteiger partial charge is 0.318 e. The maximum absolute atomic E-state index is 12.5. The Morgan fingerprint density at radius 3 is 2.58 bits per heavy atom. The molecule has 3 amide bonds. The number of carbonyl (C=O) groups excluding carboxylic acids is 2. The standard InChI is InChI=1S/C17H21N3O4/c1-2-19-7-8-20(10-15(19)21)17(24)18-14-9-13(16(22)23)11-5-3-4-6-12(11)14/h3-6,13-14H,2,7-10H2,1H3,(H,18,24)(H,22,23). The van der Waals surface area contributed by atoms with E-state index in [1.54, 1.807) is 11.0 Å². The van der Waals surface area contributed by atoms with Gasteiger partial charge in [0.2, 0.25) is 5.91 Å². The molecule has 1 aromatic carbocycles. The Labute approximate surface area is 140 Å². The highest BCUT2D eigenvalue weighted by Gasteiger charge is 2.37. The van der Waals surface area contributed by atoms with Gasteiger partial charge in [0.1, 0.15) is 6.54 Å². The average molecular weight is 331 g/mol. The Kier molecular flexibility index (Phi) is 4.42. The Bertz CT molecular complexity index is 676. The second-order valence-electron chi connectivity index (χ2n) is 6.15. The second kappa shape index (κ2) is 6.51. The number of likely N-dealkylation sites (N-methyl/N-ethyl adjacent to an activating group) is 1. The maximum Gasteiger partial charge on any atom is 0.318 e. The number of amides is 3. The second-order valence-corrected chi connectivity index (χ2v) is 6.15. The van der Waals surface area contributed by atoms with E-state index < -0.39 is 11.9 Å². The highest BCUT2D eigenvalue weighted by Crippen LogP contribution is 2.40. The molecule has 24 heavy (non-hydrogen) atoms. The van der Waals surface area contributed by atoms with Crippen molar-refractivity contribution >= 4 is 17.9 Å². The molecule has 1 saturated heterocycles. The number of piperazine rings is 1. The lowest BCUT2D eigenvalue weighted by Gasteiger charge is -2.34. The van der Waals surface area contributed by atoms with Crippen molar-refractivity contribution in [2.45, 2.75) is 25.3 Å². The van der Waals surface area contributed by atoms with E-state index >= 15 is 0 Å². The number of nitrogens with zero attached hydrogens (tertiary/aromatic N) is 2. The molecule has 1 heterocycles. The summed E-state index contributed by atoms with van der Waals surface area (Å²) in [6, 6.07) is 6.64. The molecule has 0 spiro atoms. The number of hydrogen-bond acceptors (Lipinski definition) is 3. The van der Waals surface area contributed by atoms with Gasteiger partial charge in [-0.1, -0.05) is 24.3 Å². The van der Waals surface area contributed by atoms with Crippen molar-refractivity contribution in [3.8, 4) is 0 Å². The summed E-state index contributed by atoms with van der Waals surface area (Å²) in [4.78, 5) is 39.1. The zero-order valence-electron chi connectivity index (χ0n) is 13.6. The van der Waals surface area contributed by atoms with Gasteiger partial charge in [-0.05, 0) is 24.5 Å². The van der Waals surface area contributed by atoms with Crippen LogP contribution in [0, 0.1) is 0 Å². The minimum absolute atomic E-state index is 0.0610. The van der Waals surface area contributed by atoms with Crippen LogP contribution in [0.1, 0.15) is 36.4 Å². The molecular weight excluding hydrogens is 310 g/mol. The lowest BCUT2D eigenvalue weighted by molar-refractivity contribution is -0.138. The van der Waals surface area contributed by atoms with Crippen molar-refractivity contribution < 1.29 is 19.5 Å². The molecule has 1 fully saturated rings. The molecule has 1 aliphatic carbocycles. The first-order valence-corrected chi connectivity index (χ1v) is 8.16. The Balaban J connectivity index is 1.70. The molecule has 2 aliphatic rings. The molecule has 7 heteroatoms. The molecule has 0 bridgehead atoms. The van der Waals surface area contributed by atoms with Gasteiger partial charge in [0, 0.05) is 19.6 Å².